The first-order valence-corrected chi connectivity index (χ1v) is 4.51. The summed E-state index contributed by atoms with van der Waals surface area (Å²) in [5.74, 6) is -0.438. The van der Waals surface area contributed by atoms with Crippen LogP contribution in [0.25, 0.3) is 0 Å². The number of hydrogen-bond donors (Lipinski definition) is 1. The maximum atomic E-state index is 11.2. The summed E-state index contributed by atoms with van der Waals surface area (Å²) in [6.07, 6.45) is 0.642. The Bertz CT molecular complexity index is 287. The predicted octanol–water partition coefficient (Wildman–Crippen LogP) is 0.328. The van der Waals surface area contributed by atoms with Crippen molar-refractivity contribution in [2.24, 2.45) is 11.8 Å². The molecule has 1 aliphatic carbocycles. The number of rotatable bonds is 1. The third-order valence-corrected chi connectivity index (χ3v) is 3.68. The van der Waals surface area contributed by atoms with E-state index < -0.39 is 11.5 Å². The van der Waals surface area contributed by atoms with Gasteiger partial charge in [0.25, 0.3) is 0 Å². The molecule has 2 saturated heterocycles. The highest BCUT2D eigenvalue weighted by Crippen LogP contribution is 2.55. The fraction of sp³-hybridized carbons (Fsp3) is 0.778. The second-order valence-electron chi connectivity index (χ2n) is 4.11. The topological polar surface area (TPSA) is 57.6 Å². The van der Waals surface area contributed by atoms with Gasteiger partial charge >= 0.3 is 5.97 Å². The van der Waals surface area contributed by atoms with Gasteiger partial charge in [0.05, 0.1) is 0 Å². The van der Waals surface area contributed by atoms with Crippen molar-refractivity contribution in [1.82, 2.24) is 4.90 Å². The lowest BCUT2D eigenvalue weighted by molar-refractivity contribution is -0.162. The molecule has 0 unspecified atom stereocenters. The zero-order valence-corrected chi connectivity index (χ0v) is 7.78. The van der Waals surface area contributed by atoms with Crippen molar-refractivity contribution in [2.75, 3.05) is 6.54 Å². The van der Waals surface area contributed by atoms with Crippen molar-refractivity contribution in [3.05, 3.63) is 0 Å². The number of carbonyl (C=O) groups excluding carboxylic acids is 1. The quantitative estimate of drug-likeness (QED) is 0.637. The molecule has 0 aromatic carbocycles. The largest absolute Gasteiger partial charge is 0.479 e. The third-order valence-electron chi connectivity index (χ3n) is 3.68. The molecule has 13 heavy (non-hydrogen) atoms. The lowest BCUT2D eigenvalue weighted by Gasteiger charge is -2.43. The summed E-state index contributed by atoms with van der Waals surface area (Å²) in [6.45, 7) is 3.99. The lowest BCUT2D eigenvalue weighted by Crippen LogP contribution is -2.59. The van der Waals surface area contributed by atoms with E-state index in [1.807, 2.05) is 6.92 Å². The normalized spacial score (nSPS) is 41.5. The summed E-state index contributed by atoms with van der Waals surface area (Å²) in [6, 6.07) is 0. The van der Waals surface area contributed by atoms with Gasteiger partial charge in [-0.1, -0.05) is 6.92 Å². The highest BCUT2D eigenvalue weighted by atomic mass is 16.4. The van der Waals surface area contributed by atoms with E-state index in [0.29, 0.717) is 18.9 Å². The van der Waals surface area contributed by atoms with Gasteiger partial charge in [-0.15, -0.1) is 0 Å². The smallest absolute Gasteiger partial charge is 0.329 e. The molecule has 0 radical (unpaired) electrons. The first kappa shape index (κ1) is 8.53. The molecule has 0 aromatic heterocycles. The Hall–Kier alpha value is -1.06. The van der Waals surface area contributed by atoms with E-state index in [9.17, 15) is 9.59 Å². The van der Waals surface area contributed by atoms with E-state index >= 15 is 0 Å². The minimum Gasteiger partial charge on any atom is -0.479 e. The van der Waals surface area contributed by atoms with Gasteiger partial charge < -0.3 is 10.0 Å². The van der Waals surface area contributed by atoms with Gasteiger partial charge in [0.15, 0.2) is 0 Å². The SMILES string of the molecule is CC(=O)N1C[C@H]2C[C@]1(C(=O)O)[C@H]2C. The summed E-state index contributed by atoms with van der Waals surface area (Å²) >= 11 is 0. The third kappa shape index (κ3) is 0.759. The van der Waals surface area contributed by atoms with E-state index in [-0.39, 0.29) is 11.8 Å². The van der Waals surface area contributed by atoms with Crippen molar-refractivity contribution in [3.8, 4) is 0 Å². The van der Waals surface area contributed by atoms with E-state index in [1.165, 1.54) is 11.8 Å². The first-order chi connectivity index (χ1) is 6.00. The summed E-state index contributed by atoms with van der Waals surface area (Å²) in [5.41, 5.74) is -0.865. The fourth-order valence-electron chi connectivity index (χ4n) is 2.77. The van der Waals surface area contributed by atoms with Crippen LogP contribution in [0.4, 0.5) is 0 Å². The molecule has 3 aliphatic rings. The molecule has 1 saturated carbocycles. The molecule has 2 aliphatic heterocycles. The maximum absolute atomic E-state index is 11.2. The molecular formula is C9H13NO3. The molecule has 2 heterocycles. The molecule has 3 atom stereocenters. The van der Waals surface area contributed by atoms with Crippen molar-refractivity contribution in [2.45, 2.75) is 25.8 Å². The molecule has 4 nitrogen and oxygen atoms in total. The molecule has 0 spiro atoms. The van der Waals surface area contributed by atoms with E-state index in [4.69, 9.17) is 5.11 Å². The van der Waals surface area contributed by atoms with Crippen LogP contribution in [-0.4, -0.2) is 34.0 Å². The molecular weight excluding hydrogens is 170 g/mol. The van der Waals surface area contributed by atoms with Gasteiger partial charge in [-0.2, -0.15) is 0 Å². The number of aliphatic carboxylic acids is 1. The van der Waals surface area contributed by atoms with Gasteiger partial charge in [0.2, 0.25) is 5.91 Å². The predicted molar refractivity (Wildman–Crippen MR) is 45.0 cm³/mol. The Morgan fingerprint density at radius 2 is 2.15 bits per heavy atom. The summed E-state index contributed by atoms with van der Waals surface area (Å²) in [4.78, 5) is 23.8. The number of amides is 1. The highest BCUT2D eigenvalue weighted by Gasteiger charge is 2.67. The van der Waals surface area contributed by atoms with E-state index in [2.05, 4.69) is 0 Å². The molecule has 3 fully saturated rings. The zero-order chi connectivity index (χ0) is 9.80. The number of carboxylic acid groups (broad SMARTS) is 1. The van der Waals surface area contributed by atoms with Gasteiger partial charge in [-0.25, -0.2) is 4.79 Å². The molecule has 4 heteroatoms. The number of hydrogen-bond acceptors (Lipinski definition) is 2. The number of carboxylic acids is 1. The Labute approximate surface area is 76.5 Å². The number of fused-ring (bicyclic) bond motifs is 1. The maximum Gasteiger partial charge on any atom is 0.329 e. The first-order valence-electron chi connectivity index (χ1n) is 4.51. The van der Waals surface area contributed by atoms with Crippen LogP contribution < -0.4 is 0 Å². The average Bonchev–Trinajstić information content (AvgIpc) is 2.55. The van der Waals surface area contributed by atoms with E-state index in [0.717, 1.165) is 0 Å². The molecule has 1 N–H and O–H groups in total. The number of carbonyl (C=O) groups is 2. The van der Waals surface area contributed by atoms with Crippen molar-refractivity contribution >= 4 is 11.9 Å². The minimum absolute atomic E-state index is 0.116. The molecule has 1 amide bonds. The van der Waals surface area contributed by atoms with Crippen LogP contribution in [0.5, 0.6) is 0 Å². The van der Waals surface area contributed by atoms with Crippen LogP contribution in [-0.2, 0) is 9.59 Å². The van der Waals surface area contributed by atoms with Crippen LogP contribution in [0.3, 0.4) is 0 Å². The average molecular weight is 183 g/mol. The van der Waals surface area contributed by atoms with Crippen LogP contribution in [0.2, 0.25) is 0 Å². The van der Waals surface area contributed by atoms with Crippen LogP contribution in [0, 0.1) is 11.8 Å². The van der Waals surface area contributed by atoms with Gasteiger partial charge in [-0.05, 0) is 18.3 Å². The van der Waals surface area contributed by atoms with Crippen LogP contribution in [0.15, 0.2) is 0 Å². The second kappa shape index (κ2) is 2.25. The highest BCUT2D eigenvalue weighted by molar-refractivity contribution is 5.89. The van der Waals surface area contributed by atoms with E-state index in [1.54, 1.807) is 0 Å². The van der Waals surface area contributed by atoms with Crippen molar-refractivity contribution in [3.63, 3.8) is 0 Å². The molecule has 3 rings (SSSR count). The summed E-state index contributed by atoms with van der Waals surface area (Å²) in [7, 11) is 0. The van der Waals surface area contributed by atoms with Gasteiger partial charge in [0, 0.05) is 13.5 Å². The van der Waals surface area contributed by atoms with Gasteiger partial charge in [-0.3, -0.25) is 4.79 Å². The molecule has 0 aromatic rings. The standard InChI is InChI=1S/C9H13NO3/c1-5-7-3-9(5,8(12)13)10(4-7)6(2)11/h5,7H,3-4H2,1-2H3,(H,12,13)/t5-,7+,9+/m0/s1. The zero-order valence-electron chi connectivity index (χ0n) is 7.78. The Balaban J connectivity index is 2.34. The summed E-state index contributed by atoms with van der Waals surface area (Å²) < 4.78 is 0. The number of nitrogens with zero attached hydrogens (tertiary/aromatic N) is 1. The lowest BCUT2D eigenvalue weighted by atomic mass is 9.64. The van der Waals surface area contributed by atoms with Gasteiger partial charge in [0.1, 0.15) is 5.54 Å². The fourth-order valence-corrected chi connectivity index (χ4v) is 2.77. The molecule has 72 valence electrons. The monoisotopic (exact) mass is 183 g/mol. The van der Waals surface area contributed by atoms with Crippen molar-refractivity contribution in [1.29, 1.82) is 0 Å². The Morgan fingerprint density at radius 3 is 2.46 bits per heavy atom. The molecule has 2 bridgehead atoms. The second-order valence-corrected chi connectivity index (χ2v) is 4.11. The minimum atomic E-state index is -0.865. The Kier molecular flexibility index (Phi) is 1.47. The summed E-state index contributed by atoms with van der Waals surface area (Å²) in [5, 5.41) is 9.11. The van der Waals surface area contributed by atoms with Crippen molar-refractivity contribution < 1.29 is 14.7 Å². The van der Waals surface area contributed by atoms with Crippen LogP contribution in [0.1, 0.15) is 20.3 Å². The Morgan fingerprint density at radius 1 is 1.54 bits per heavy atom. The van der Waals surface area contributed by atoms with Crippen LogP contribution >= 0.6 is 0 Å².